The second kappa shape index (κ2) is 8.13. The minimum Gasteiger partial charge on any atom is -0.489 e. The molecule has 1 aromatic rings. The van der Waals surface area contributed by atoms with Crippen molar-refractivity contribution in [2.24, 2.45) is 0 Å². The van der Waals surface area contributed by atoms with Crippen LogP contribution >= 0.6 is 0 Å². The first-order chi connectivity index (χ1) is 10.2. The molecule has 0 atom stereocenters. The highest BCUT2D eigenvalue weighted by Crippen LogP contribution is 2.29. The zero-order valence-electron chi connectivity index (χ0n) is 13.4. The molecule has 0 radical (unpaired) electrons. The van der Waals surface area contributed by atoms with Crippen LogP contribution in [0.25, 0.3) is 0 Å². The summed E-state index contributed by atoms with van der Waals surface area (Å²) in [4.78, 5) is 2.55. The van der Waals surface area contributed by atoms with Gasteiger partial charge in [-0.15, -0.1) is 0 Å². The third-order valence-corrected chi connectivity index (χ3v) is 3.87. The van der Waals surface area contributed by atoms with E-state index < -0.39 is 0 Å². The maximum Gasteiger partial charge on any atom is 0.144 e. The highest BCUT2D eigenvalue weighted by Gasteiger charge is 2.10. The van der Waals surface area contributed by atoms with Gasteiger partial charge in [-0.05, 0) is 51.9 Å². The van der Waals surface area contributed by atoms with Gasteiger partial charge in [0.15, 0.2) is 0 Å². The molecule has 0 amide bonds. The van der Waals surface area contributed by atoms with Crippen molar-refractivity contribution >= 4 is 11.4 Å². The number of likely N-dealkylation sites (tertiary alicyclic amines) is 1. The Bertz CT molecular complexity index is 426. The van der Waals surface area contributed by atoms with Crippen molar-refractivity contribution in [3.63, 3.8) is 0 Å². The van der Waals surface area contributed by atoms with Gasteiger partial charge in [0.25, 0.3) is 0 Å². The van der Waals surface area contributed by atoms with Crippen molar-refractivity contribution < 1.29 is 4.74 Å². The first-order valence-electron chi connectivity index (χ1n) is 8.18. The number of nitrogens with zero attached hydrogens (tertiary/aromatic N) is 1. The topological polar surface area (TPSA) is 50.5 Å². The molecular formula is C17H29N3O. The lowest BCUT2D eigenvalue weighted by Crippen LogP contribution is -2.30. The summed E-state index contributed by atoms with van der Waals surface area (Å²) in [7, 11) is 0. The number of benzene rings is 1. The van der Waals surface area contributed by atoms with Gasteiger partial charge in [0.2, 0.25) is 0 Å². The Labute approximate surface area is 128 Å². The third-order valence-electron chi connectivity index (χ3n) is 3.87. The Morgan fingerprint density at radius 3 is 2.57 bits per heavy atom. The fraction of sp³-hybridized carbons (Fsp3) is 0.647. The molecule has 118 valence electrons. The molecule has 1 fully saturated rings. The van der Waals surface area contributed by atoms with Crippen LogP contribution in [0.15, 0.2) is 18.2 Å². The van der Waals surface area contributed by atoms with Crippen LogP contribution in [0.4, 0.5) is 11.4 Å². The van der Waals surface area contributed by atoms with Gasteiger partial charge < -0.3 is 20.7 Å². The Hall–Kier alpha value is -1.42. The minimum atomic E-state index is 0.139. The summed E-state index contributed by atoms with van der Waals surface area (Å²) in [5, 5.41) is 3.45. The van der Waals surface area contributed by atoms with E-state index in [-0.39, 0.29) is 6.10 Å². The fourth-order valence-electron chi connectivity index (χ4n) is 2.76. The maximum atomic E-state index is 6.17. The lowest BCUT2D eigenvalue weighted by molar-refractivity contribution is 0.244. The SMILES string of the molecule is CC(C)Oc1cccc(NCCN2CCCCCC2)c1N. The molecular weight excluding hydrogens is 262 g/mol. The number of anilines is 2. The van der Waals surface area contributed by atoms with Gasteiger partial charge in [-0.3, -0.25) is 0 Å². The van der Waals surface area contributed by atoms with E-state index in [9.17, 15) is 0 Å². The van der Waals surface area contributed by atoms with E-state index >= 15 is 0 Å². The number of nitrogen functional groups attached to an aromatic ring is 1. The van der Waals surface area contributed by atoms with Gasteiger partial charge in [-0.25, -0.2) is 0 Å². The largest absolute Gasteiger partial charge is 0.489 e. The molecule has 0 unspecified atom stereocenters. The lowest BCUT2D eigenvalue weighted by atomic mass is 10.2. The summed E-state index contributed by atoms with van der Waals surface area (Å²) < 4.78 is 5.72. The number of ether oxygens (including phenoxy) is 1. The predicted octanol–water partition coefficient (Wildman–Crippen LogP) is 3.34. The van der Waals surface area contributed by atoms with Crippen molar-refractivity contribution in [2.75, 3.05) is 37.2 Å². The van der Waals surface area contributed by atoms with E-state index in [4.69, 9.17) is 10.5 Å². The zero-order valence-corrected chi connectivity index (χ0v) is 13.4. The van der Waals surface area contributed by atoms with E-state index in [1.165, 1.54) is 38.8 Å². The number of nitrogens with one attached hydrogen (secondary N) is 1. The molecule has 0 aliphatic carbocycles. The molecule has 0 aromatic heterocycles. The standard InChI is InChI=1S/C17H29N3O/c1-14(2)21-16-9-7-8-15(17(16)18)19-10-13-20-11-5-3-4-6-12-20/h7-9,14,19H,3-6,10-13,18H2,1-2H3. The van der Waals surface area contributed by atoms with E-state index in [1.54, 1.807) is 0 Å². The monoisotopic (exact) mass is 291 g/mol. The van der Waals surface area contributed by atoms with Crippen LogP contribution in [0.1, 0.15) is 39.5 Å². The first-order valence-corrected chi connectivity index (χ1v) is 8.18. The summed E-state index contributed by atoms with van der Waals surface area (Å²) in [6, 6.07) is 5.93. The summed E-state index contributed by atoms with van der Waals surface area (Å²) in [6.07, 6.45) is 5.57. The van der Waals surface area contributed by atoms with Gasteiger partial charge >= 0.3 is 0 Å². The summed E-state index contributed by atoms with van der Waals surface area (Å²) >= 11 is 0. The Kier molecular flexibility index (Phi) is 6.18. The molecule has 0 spiro atoms. The highest BCUT2D eigenvalue weighted by molar-refractivity contribution is 5.72. The molecule has 1 saturated heterocycles. The van der Waals surface area contributed by atoms with Crippen LogP contribution in [0.3, 0.4) is 0 Å². The normalized spacial score (nSPS) is 16.7. The number of nitrogens with two attached hydrogens (primary N) is 1. The number of hydrogen-bond donors (Lipinski definition) is 2. The van der Waals surface area contributed by atoms with Crippen molar-refractivity contribution in [3.8, 4) is 5.75 Å². The Morgan fingerprint density at radius 2 is 1.90 bits per heavy atom. The van der Waals surface area contributed by atoms with Gasteiger partial charge in [-0.2, -0.15) is 0 Å². The minimum absolute atomic E-state index is 0.139. The molecule has 1 aliphatic heterocycles. The van der Waals surface area contributed by atoms with Crippen molar-refractivity contribution in [1.29, 1.82) is 0 Å². The highest BCUT2D eigenvalue weighted by atomic mass is 16.5. The smallest absolute Gasteiger partial charge is 0.144 e. The number of para-hydroxylation sites is 1. The van der Waals surface area contributed by atoms with Crippen LogP contribution < -0.4 is 15.8 Å². The maximum absolute atomic E-state index is 6.17. The molecule has 1 aromatic carbocycles. The van der Waals surface area contributed by atoms with E-state index in [0.29, 0.717) is 5.69 Å². The van der Waals surface area contributed by atoms with Gasteiger partial charge in [-0.1, -0.05) is 18.9 Å². The molecule has 2 rings (SSSR count). The van der Waals surface area contributed by atoms with Crippen LogP contribution in [-0.2, 0) is 0 Å². The van der Waals surface area contributed by atoms with Gasteiger partial charge in [0.1, 0.15) is 5.75 Å². The molecule has 4 nitrogen and oxygen atoms in total. The molecule has 1 heterocycles. The van der Waals surface area contributed by atoms with E-state index in [2.05, 4.69) is 10.2 Å². The second-order valence-corrected chi connectivity index (χ2v) is 6.07. The Morgan fingerprint density at radius 1 is 1.19 bits per heavy atom. The quantitative estimate of drug-likeness (QED) is 0.789. The van der Waals surface area contributed by atoms with Crippen molar-refractivity contribution in [1.82, 2.24) is 4.90 Å². The third kappa shape index (κ3) is 5.12. The summed E-state index contributed by atoms with van der Waals surface area (Å²) in [5.41, 5.74) is 7.86. The molecule has 0 saturated carbocycles. The Balaban J connectivity index is 1.85. The van der Waals surface area contributed by atoms with Crippen LogP contribution in [0.5, 0.6) is 5.75 Å². The molecule has 21 heavy (non-hydrogen) atoms. The van der Waals surface area contributed by atoms with Gasteiger partial charge in [0.05, 0.1) is 17.5 Å². The van der Waals surface area contributed by atoms with Crippen LogP contribution in [-0.4, -0.2) is 37.2 Å². The zero-order chi connectivity index (χ0) is 15.1. The van der Waals surface area contributed by atoms with Crippen LogP contribution in [0.2, 0.25) is 0 Å². The first kappa shape index (κ1) is 16.0. The van der Waals surface area contributed by atoms with E-state index in [0.717, 1.165) is 24.5 Å². The molecule has 1 aliphatic rings. The number of hydrogen-bond acceptors (Lipinski definition) is 4. The average molecular weight is 291 g/mol. The van der Waals surface area contributed by atoms with Crippen molar-refractivity contribution in [3.05, 3.63) is 18.2 Å². The predicted molar refractivity (Wildman–Crippen MR) is 90.0 cm³/mol. The lowest BCUT2D eigenvalue weighted by Gasteiger charge is -2.21. The average Bonchev–Trinajstić information content (AvgIpc) is 2.71. The van der Waals surface area contributed by atoms with Gasteiger partial charge in [0, 0.05) is 13.1 Å². The fourth-order valence-corrected chi connectivity index (χ4v) is 2.76. The molecule has 3 N–H and O–H groups in total. The van der Waals surface area contributed by atoms with Crippen LogP contribution in [0, 0.1) is 0 Å². The van der Waals surface area contributed by atoms with E-state index in [1.807, 2.05) is 32.0 Å². The second-order valence-electron chi connectivity index (χ2n) is 6.07. The molecule has 0 bridgehead atoms. The summed E-state index contributed by atoms with van der Waals surface area (Å²) in [5.74, 6) is 0.768. The molecule has 4 heteroatoms. The summed E-state index contributed by atoms with van der Waals surface area (Å²) in [6.45, 7) is 8.49. The van der Waals surface area contributed by atoms with Crippen molar-refractivity contribution in [2.45, 2.75) is 45.6 Å². The number of rotatable bonds is 6.